The van der Waals surface area contributed by atoms with Gasteiger partial charge in [-0.05, 0) is 68.1 Å². The van der Waals surface area contributed by atoms with Crippen LogP contribution in [-0.4, -0.2) is 44.3 Å². The Morgan fingerprint density at radius 3 is 2.15 bits per heavy atom. The predicted octanol–water partition coefficient (Wildman–Crippen LogP) is 5.35. The van der Waals surface area contributed by atoms with Crippen LogP contribution in [-0.2, 0) is 32.6 Å². The van der Waals surface area contributed by atoms with Crippen molar-refractivity contribution < 1.29 is 18.0 Å². The number of likely N-dealkylation sites (N-methyl/N-ethyl adjacent to an activating group) is 1. The second-order valence-corrected chi connectivity index (χ2v) is 11.6. The maximum atomic E-state index is 14.1. The Balaban J connectivity index is 2.09. The van der Waals surface area contributed by atoms with Crippen LogP contribution in [0.4, 0.5) is 5.69 Å². The number of sulfonamides is 1. The van der Waals surface area contributed by atoms with E-state index in [4.69, 9.17) is 11.6 Å². The van der Waals surface area contributed by atoms with Crippen molar-refractivity contribution in [3.05, 3.63) is 94.5 Å². The van der Waals surface area contributed by atoms with Crippen molar-refractivity contribution in [1.29, 1.82) is 0 Å². The fourth-order valence-electron chi connectivity index (χ4n) is 4.40. The van der Waals surface area contributed by atoms with Gasteiger partial charge in [-0.2, -0.15) is 0 Å². The van der Waals surface area contributed by atoms with Crippen molar-refractivity contribution in [1.82, 2.24) is 10.2 Å². The second-order valence-electron chi connectivity index (χ2n) is 9.27. The quantitative estimate of drug-likeness (QED) is 0.318. The largest absolute Gasteiger partial charge is 0.355 e. The summed E-state index contributed by atoms with van der Waals surface area (Å²) < 4.78 is 29.2. The summed E-state index contributed by atoms with van der Waals surface area (Å²) in [6.45, 7) is 7.53. The van der Waals surface area contributed by atoms with Crippen molar-refractivity contribution in [3.63, 3.8) is 0 Å². The molecule has 9 heteroatoms. The number of amides is 2. The molecule has 0 saturated heterocycles. The molecule has 2 amide bonds. The lowest BCUT2D eigenvalue weighted by Crippen LogP contribution is -2.52. The number of hydrogen-bond donors (Lipinski definition) is 1. The van der Waals surface area contributed by atoms with Crippen LogP contribution in [0.1, 0.15) is 43.9 Å². The zero-order chi connectivity index (χ0) is 28.6. The van der Waals surface area contributed by atoms with Crippen molar-refractivity contribution in [2.24, 2.45) is 0 Å². The molecule has 0 aliphatic rings. The van der Waals surface area contributed by atoms with Crippen LogP contribution in [0.5, 0.6) is 0 Å². The number of carbonyl (C=O) groups is 2. The van der Waals surface area contributed by atoms with Gasteiger partial charge in [0, 0.05) is 18.1 Å². The number of anilines is 1. The molecule has 0 bridgehead atoms. The van der Waals surface area contributed by atoms with Crippen molar-refractivity contribution in [2.75, 3.05) is 17.4 Å². The first-order valence-electron chi connectivity index (χ1n) is 13.1. The second kappa shape index (κ2) is 13.6. The van der Waals surface area contributed by atoms with Crippen LogP contribution < -0.4 is 9.62 Å². The summed E-state index contributed by atoms with van der Waals surface area (Å²) in [5.74, 6) is -0.770. The van der Waals surface area contributed by atoms with Crippen molar-refractivity contribution in [3.8, 4) is 0 Å². The number of nitrogens with one attached hydrogen (secondary N) is 1. The van der Waals surface area contributed by atoms with E-state index in [1.807, 2.05) is 39.8 Å². The van der Waals surface area contributed by atoms with Crippen LogP contribution >= 0.6 is 11.6 Å². The number of carbonyl (C=O) groups excluding carboxylic acids is 2. The molecule has 208 valence electrons. The Morgan fingerprint density at radius 2 is 1.56 bits per heavy atom. The number of nitrogens with zero attached hydrogens (tertiary/aromatic N) is 2. The zero-order valence-corrected chi connectivity index (χ0v) is 24.4. The summed E-state index contributed by atoms with van der Waals surface area (Å²) >= 11 is 6.06. The van der Waals surface area contributed by atoms with Crippen molar-refractivity contribution in [2.45, 2.75) is 58.0 Å². The molecule has 0 saturated carbocycles. The van der Waals surface area contributed by atoms with E-state index in [0.29, 0.717) is 30.1 Å². The minimum absolute atomic E-state index is 0.0897. The summed E-state index contributed by atoms with van der Waals surface area (Å²) in [6, 6.07) is 20.0. The van der Waals surface area contributed by atoms with Crippen LogP contribution in [0.3, 0.4) is 0 Å². The van der Waals surface area contributed by atoms with Crippen LogP contribution in [0.2, 0.25) is 5.02 Å². The molecular formula is C30H36ClN3O4S. The van der Waals surface area contributed by atoms with Gasteiger partial charge in [-0.25, -0.2) is 8.42 Å². The molecule has 39 heavy (non-hydrogen) atoms. The summed E-state index contributed by atoms with van der Waals surface area (Å²) in [7, 11) is -4.11. The van der Waals surface area contributed by atoms with Gasteiger partial charge in [-0.1, -0.05) is 73.5 Å². The summed E-state index contributed by atoms with van der Waals surface area (Å²) in [5.41, 5.74) is 2.93. The van der Waals surface area contributed by atoms with E-state index in [9.17, 15) is 18.0 Å². The van der Waals surface area contributed by atoms with E-state index in [-0.39, 0.29) is 17.3 Å². The number of para-hydroxylation sites is 1. The SMILES string of the molecule is CCNC(=O)[C@H](CC)N(Cc1ccc(Cl)cc1)C(=O)CN(c1ccccc1CC)S(=O)(=O)c1ccc(C)cc1. The topological polar surface area (TPSA) is 86.8 Å². The first kappa shape index (κ1) is 30.2. The number of hydrogen-bond acceptors (Lipinski definition) is 4. The Bertz CT molecular complexity index is 1380. The van der Waals surface area contributed by atoms with E-state index < -0.39 is 28.5 Å². The summed E-state index contributed by atoms with van der Waals surface area (Å²) in [5, 5.41) is 3.36. The van der Waals surface area contributed by atoms with Gasteiger partial charge in [0.2, 0.25) is 11.8 Å². The first-order valence-corrected chi connectivity index (χ1v) is 14.9. The van der Waals surface area contributed by atoms with E-state index in [1.54, 1.807) is 60.7 Å². The molecule has 1 N–H and O–H groups in total. The van der Waals surface area contributed by atoms with Gasteiger partial charge in [-0.3, -0.25) is 13.9 Å². The van der Waals surface area contributed by atoms with E-state index in [1.165, 1.54) is 4.90 Å². The average molecular weight is 570 g/mol. The lowest BCUT2D eigenvalue weighted by molar-refractivity contribution is -0.140. The molecule has 0 radical (unpaired) electrons. The minimum Gasteiger partial charge on any atom is -0.355 e. The maximum absolute atomic E-state index is 14.1. The summed E-state index contributed by atoms with van der Waals surface area (Å²) in [4.78, 5) is 28.6. The van der Waals surface area contributed by atoms with Crippen LogP contribution in [0.15, 0.2) is 77.7 Å². The molecule has 0 unspecified atom stereocenters. The Morgan fingerprint density at radius 1 is 0.923 bits per heavy atom. The van der Waals surface area contributed by atoms with Gasteiger partial charge in [0.1, 0.15) is 12.6 Å². The van der Waals surface area contributed by atoms with Gasteiger partial charge in [0.15, 0.2) is 0 Å². The molecule has 3 aromatic carbocycles. The molecule has 0 spiro atoms. The predicted molar refractivity (Wildman–Crippen MR) is 156 cm³/mol. The van der Waals surface area contributed by atoms with Gasteiger partial charge < -0.3 is 10.2 Å². The maximum Gasteiger partial charge on any atom is 0.264 e. The van der Waals surface area contributed by atoms with Gasteiger partial charge in [0.05, 0.1) is 10.6 Å². The minimum atomic E-state index is -4.11. The highest BCUT2D eigenvalue weighted by atomic mass is 35.5. The zero-order valence-electron chi connectivity index (χ0n) is 22.9. The molecule has 0 aliphatic carbocycles. The molecule has 3 aromatic rings. The third kappa shape index (κ3) is 7.40. The van der Waals surface area contributed by atoms with Crippen LogP contribution in [0.25, 0.3) is 0 Å². The monoisotopic (exact) mass is 569 g/mol. The number of benzene rings is 3. The number of aryl methyl sites for hydroxylation is 2. The molecule has 1 atom stereocenters. The highest BCUT2D eigenvalue weighted by molar-refractivity contribution is 7.92. The highest BCUT2D eigenvalue weighted by Crippen LogP contribution is 2.28. The molecule has 0 aliphatic heterocycles. The highest BCUT2D eigenvalue weighted by Gasteiger charge is 2.34. The number of halogens is 1. The molecule has 3 rings (SSSR count). The molecular weight excluding hydrogens is 534 g/mol. The molecule has 0 fully saturated rings. The average Bonchev–Trinajstić information content (AvgIpc) is 2.93. The van der Waals surface area contributed by atoms with E-state index >= 15 is 0 Å². The lowest BCUT2D eigenvalue weighted by atomic mass is 10.1. The van der Waals surface area contributed by atoms with Gasteiger partial charge in [0.25, 0.3) is 10.0 Å². The normalized spacial score (nSPS) is 12.0. The van der Waals surface area contributed by atoms with Gasteiger partial charge >= 0.3 is 0 Å². The third-order valence-electron chi connectivity index (χ3n) is 6.53. The standard InChI is InChI=1S/C30H36ClN3O4S/c1-5-24-10-8-9-11-28(24)34(39(37,38)26-18-12-22(4)13-19-26)21-29(35)33(27(6-2)30(36)32-7-3)20-23-14-16-25(31)17-15-23/h8-19,27H,5-7,20-21H2,1-4H3,(H,32,36)/t27-/m0/s1. The fraction of sp³-hybridized carbons (Fsp3) is 0.333. The van der Waals surface area contributed by atoms with E-state index in [0.717, 1.165) is 21.0 Å². The van der Waals surface area contributed by atoms with E-state index in [2.05, 4.69) is 5.32 Å². The fourth-order valence-corrected chi connectivity index (χ4v) is 5.98. The summed E-state index contributed by atoms with van der Waals surface area (Å²) in [6.07, 6.45) is 0.941. The Labute approximate surface area is 236 Å². The molecule has 7 nitrogen and oxygen atoms in total. The third-order valence-corrected chi connectivity index (χ3v) is 8.56. The smallest absolute Gasteiger partial charge is 0.264 e. The Hall–Kier alpha value is -3.36. The van der Waals surface area contributed by atoms with Gasteiger partial charge in [-0.15, -0.1) is 0 Å². The Kier molecular flexibility index (Phi) is 10.5. The van der Waals surface area contributed by atoms with Crippen molar-refractivity contribution >= 4 is 39.1 Å². The lowest BCUT2D eigenvalue weighted by Gasteiger charge is -2.33. The molecule has 0 heterocycles. The first-order chi connectivity index (χ1) is 18.6. The number of rotatable bonds is 12. The molecule has 0 aromatic heterocycles. The van der Waals surface area contributed by atoms with Crippen LogP contribution in [0, 0.1) is 6.92 Å².